The van der Waals surface area contributed by atoms with Crippen molar-refractivity contribution in [3.63, 3.8) is 0 Å². The summed E-state index contributed by atoms with van der Waals surface area (Å²) in [5.74, 6) is 0.895. The number of aromatic nitrogens is 2. The van der Waals surface area contributed by atoms with Gasteiger partial charge in [0.15, 0.2) is 0 Å². The highest BCUT2D eigenvalue weighted by atomic mass is 16.6. The SMILES string of the molecule is CNCc1nc(C)cc2c1CN(c1cccc(N3CCOC3=O)n1)C2=O. The van der Waals surface area contributed by atoms with E-state index in [4.69, 9.17) is 4.74 Å². The van der Waals surface area contributed by atoms with Gasteiger partial charge in [0.2, 0.25) is 0 Å². The van der Waals surface area contributed by atoms with Crippen molar-refractivity contribution < 1.29 is 14.3 Å². The number of fused-ring (bicyclic) bond motifs is 1. The lowest BCUT2D eigenvalue weighted by molar-refractivity contribution is 0.0995. The van der Waals surface area contributed by atoms with Crippen molar-refractivity contribution in [1.29, 1.82) is 0 Å². The number of amides is 2. The largest absolute Gasteiger partial charge is 0.447 e. The van der Waals surface area contributed by atoms with Crippen molar-refractivity contribution in [3.8, 4) is 0 Å². The molecule has 0 saturated carbocycles. The van der Waals surface area contributed by atoms with E-state index >= 15 is 0 Å². The molecule has 0 atom stereocenters. The Bertz CT molecular complexity index is 898. The van der Waals surface area contributed by atoms with E-state index in [9.17, 15) is 9.59 Å². The van der Waals surface area contributed by atoms with Crippen molar-refractivity contribution in [2.75, 3.05) is 30.0 Å². The molecule has 2 aromatic rings. The first kappa shape index (κ1) is 16.5. The molecular weight excluding hydrogens is 334 g/mol. The average Bonchev–Trinajstić information content (AvgIpc) is 3.20. The summed E-state index contributed by atoms with van der Waals surface area (Å²) in [5.41, 5.74) is 3.27. The molecule has 0 spiro atoms. The summed E-state index contributed by atoms with van der Waals surface area (Å²) in [7, 11) is 1.85. The van der Waals surface area contributed by atoms with Gasteiger partial charge in [0.1, 0.15) is 18.2 Å². The molecule has 2 aliphatic heterocycles. The van der Waals surface area contributed by atoms with E-state index in [0.29, 0.717) is 43.4 Å². The molecule has 8 heteroatoms. The van der Waals surface area contributed by atoms with Crippen molar-refractivity contribution >= 4 is 23.6 Å². The van der Waals surface area contributed by atoms with Crippen LogP contribution in [0.25, 0.3) is 0 Å². The number of rotatable bonds is 4. The van der Waals surface area contributed by atoms with E-state index in [1.54, 1.807) is 23.1 Å². The summed E-state index contributed by atoms with van der Waals surface area (Å²) in [4.78, 5) is 36.9. The quantitative estimate of drug-likeness (QED) is 0.899. The zero-order valence-electron chi connectivity index (χ0n) is 14.7. The highest BCUT2D eigenvalue weighted by Crippen LogP contribution is 2.30. The van der Waals surface area contributed by atoms with Crippen LogP contribution in [-0.2, 0) is 17.8 Å². The Morgan fingerprint density at radius 2 is 1.96 bits per heavy atom. The minimum Gasteiger partial charge on any atom is -0.447 e. The molecule has 2 aliphatic rings. The third-order valence-corrected chi connectivity index (χ3v) is 4.51. The molecule has 4 heterocycles. The van der Waals surface area contributed by atoms with Gasteiger partial charge < -0.3 is 10.1 Å². The molecule has 2 amide bonds. The van der Waals surface area contributed by atoms with Gasteiger partial charge in [-0.05, 0) is 32.2 Å². The molecular formula is C18H19N5O3. The second-order valence-electron chi connectivity index (χ2n) is 6.28. The molecule has 4 rings (SSSR count). The smallest absolute Gasteiger partial charge is 0.415 e. The Kier molecular flexibility index (Phi) is 4.04. The molecule has 1 saturated heterocycles. The summed E-state index contributed by atoms with van der Waals surface area (Å²) < 4.78 is 4.96. The van der Waals surface area contributed by atoms with Gasteiger partial charge in [-0.25, -0.2) is 9.78 Å². The minimum absolute atomic E-state index is 0.100. The van der Waals surface area contributed by atoms with Gasteiger partial charge >= 0.3 is 6.09 Å². The summed E-state index contributed by atoms with van der Waals surface area (Å²) in [6.45, 7) is 3.70. The highest BCUT2D eigenvalue weighted by Gasteiger charge is 2.33. The lowest BCUT2D eigenvalue weighted by atomic mass is 10.1. The first-order chi connectivity index (χ1) is 12.6. The summed E-state index contributed by atoms with van der Waals surface area (Å²) in [6, 6.07) is 7.12. The maximum atomic E-state index is 12.9. The molecule has 2 aromatic heterocycles. The van der Waals surface area contributed by atoms with Gasteiger partial charge in [-0.2, -0.15) is 0 Å². The Morgan fingerprint density at radius 3 is 2.65 bits per heavy atom. The monoisotopic (exact) mass is 353 g/mol. The van der Waals surface area contributed by atoms with Crippen LogP contribution in [0.2, 0.25) is 0 Å². The predicted molar refractivity (Wildman–Crippen MR) is 95.2 cm³/mol. The molecule has 0 radical (unpaired) electrons. The number of anilines is 2. The second-order valence-corrected chi connectivity index (χ2v) is 6.28. The van der Waals surface area contributed by atoms with Crippen LogP contribution in [0.1, 0.15) is 27.3 Å². The summed E-state index contributed by atoms with van der Waals surface area (Å²) >= 11 is 0. The third kappa shape index (κ3) is 2.68. The van der Waals surface area contributed by atoms with Gasteiger partial charge in [0.05, 0.1) is 18.8 Å². The fourth-order valence-electron chi connectivity index (χ4n) is 3.32. The van der Waals surface area contributed by atoms with Crippen LogP contribution in [0.3, 0.4) is 0 Å². The van der Waals surface area contributed by atoms with E-state index in [-0.39, 0.29) is 5.91 Å². The third-order valence-electron chi connectivity index (χ3n) is 4.51. The molecule has 0 aliphatic carbocycles. The highest BCUT2D eigenvalue weighted by molar-refractivity contribution is 6.09. The number of aryl methyl sites for hydroxylation is 1. The fourth-order valence-corrected chi connectivity index (χ4v) is 3.32. The number of ether oxygens (including phenoxy) is 1. The molecule has 0 bridgehead atoms. The van der Waals surface area contributed by atoms with Crippen molar-refractivity contribution in [2.45, 2.75) is 20.0 Å². The molecule has 8 nitrogen and oxygen atoms in total. The van der Waals surface area contributed by atoms with E-state index in [1.165, 1.54) is 4.90 Å². The van der Waals surface area contributed by atoms with Gasteiger partial charge in [-0.15, -0.1) is 0 Å². The second kappa shape index (κ2) is 6.38. The van der Waals surface area contributed by atoms with Crippen LogP contribution >= 0.6 is 0 Å². The molecule has 0 aromatic carbocycles. The van der Waals surface area contributed by atoms with Gasteiger partial charge in [0, 0.05) is 23.4 Å². The van der Waals surface area contributed by atoms with Crippen LogP contribution < -0.4 is 15.1 Å². The fraction of sp³-hybridized carbons (Fsp3) is 0.333. The number of nitrogens with one attached hydrogen (secondary N) is 1. The summed E-state index contributed by atoms with van der Waals surface area (Å²) in [6.07, 6.45) is -0.415. The number of cyclic esters (lactones) is 1. The predicted octanol–water partition coefficient (Wildman–Crippen LogP) is 1.62. The van der Waals surface area contributed by atoms with E-state index in [0.717, 1.165) is 17.0 Å². The normalized spacial score (nSPS) is 16.2. The lowest BCUT2D eigenvalue weighted by Gasteiger charge is -2.18. The topological polar surface area (TPSA) is 87.7 Å². The van der Waals surface area contributed by atoms with Crippen molar-refractivity contribution in [1.82, 2.24) is 15.3 Å². The number of pyridine rings is 2. The molecule has 1 fully saturated rings. The van der Waals surface area contributed by atoms with E-state index < -0.39 is 6.09 Å². The van der Waals surface area contributed by atoms with Crippen LogP contribution in [0.4, 0.5) is 16.4 Å². The molecule has 1 N–H and O–H groups in total. The zero-order chi connectivity index (χ0) is 18.3. The zero-order valence-corrected chi connectivity index (χ0v) is 14.7. The van der Waals surface area contributed by atoms with E-state index in [1.807, 2.05) is 20.0 Å². The van der Waals surface area contributed by atoms with Crippen LogP contribution in [-0.4, -0.2) is 42.2 Å². The van der Waals surface area contributed by atoms with Crippen molar-refractivity contribution in [2.24, 2.45) is 0 Å². The van der Waals surface area contributed by atoms with Crippen LogP contribution in [0.15, 0.2) is 24.3 Å². The first-order valence-electron chi connectivity index (χ1n) is 8.45. The van der Waals surface area contributed by atoms with E-state index in [2.05, 4.69) is 15.3 Å². The van der Waals surface area contributed by atoms with Crippen LogP contribution in [0.5, 0.6) is 0 Å². The van der Waals surface area contributed by atoms with Crippen molar-refractivity contribution in [3.05, 3.63) is 46.8 Å². The van der Waals surface area contributed by atoms with Gasteiger partial charge in [0.25, 0.3) is 5.91 Å². The Balaban J connectivity index is 1.68. The van der Waals surface area contributed by atoms with Gasteiger partial charge in [-0.1, -0.05) is 6.07 Å². The lowest BCUT2D eigenvalue weighted by Crippen LogP contribution is -2.27. The number of nitrogens with zero attached hydrogens (tertiary/aromatic N) is 4. The molecule has 0 unspecified atom stereocenters. The number of carbonyl (C=O) groups is 2. The Labute approximate surface area is 150 Å². The molecule has 26 heavy (non-hydrogen) atoms. The number of hydrogen-bond donors (Lipinski definition) is 1. The maximum Gasteiger partial charge on any atom is 0.415 e. The number of hydrogen-bond acceptors (Lipinski definition) is 6. The standard InChI is InChI=1S/C18H19N5O3/c1-11-8-12-13(14(20-11)9-19-2)10-23(17(12)24)16-5-3-4-15(21-16)22-6-7-26-18(22)25/h3-5,8,19H,6-7,9-10H2,1-2H3. The minimum atomic E-state index is -0.415. The number of carbonyl (C=O) groups excluding carboxylic acids is 2. The Morgan fingerprint density at radius 1 is 1.19 bits per heavy atom. The first-order valence-corrected chi connectivity index (χ1v) is 8.45. The van der Waals surface area contributed by atoms with Crippen LogP contribution in [0, 0.1) is 6.92 Å². The van der Waals surface area contributed by atoms with Gasteiger partial charge in [-0.3, -0.25) is 19.6 Å². The maximum absolute atomic E-state index is 12.9. The Hall–Kier alpha value is -3.00. The average molecular weight is 353 g/mol. The molecule has 134 valence electrons. The summed E-state index contributed by atoms with van der Waals surface area (Å²) in [5, 5.41) is 3.10.